The maximum Gasteiger partial charge on any atom is 0.253 e. The second-order valence-corrected chi connectivity index (χ2v) is 7.94. The normalized spacial score (nSPS) is 10.5. The Kier molecular flexibility index (Phi) is 6.79. The van der Waals surface area contributed by atoms with Crippen molar-refractivity contribution in [3.63, 3.8) is 0 Å². The zero-order chi connectivity index (χ0) is 20.8. The van der Waals surface area contributed by atoms with E-state index < -0.39 is 0 Å². The van der Waals surface area contributed by atoms with Crippen LogP contribution in [-0.2, 0) is 11.3 Å². The van der Waals surface area contributed by atoms with Crippen LogP contribution in [0.2, 0.25) is 0 Å². The number of nitrogens with zero attached hydrogens (tertiary/aromatic N) is 1. The van der Waals surface area contributed by atoms with Crippen LogP contribution in [0, 0.1) is 3.95 Å². The van der Waals surface area contributed by atoms with Crippen molar-refractivity contribution in [3.05, 3.63) is 68.9 Å². The summed E-state index contributed by atoms with van der Waals surface area (Å²) in [6.45, 7) is 0.352. The van der Waals surface area contributed by atoms with Crippen LogP contribution < -0.4 is 15.6 Å². The molecule has 1 heterocycles. The van der Waals surface area contributed by atoms with Crippen molar-refractivity contribution < 1.29 is 14.6 Å². The van der Waals surface area contributed by atoms with Gasteiger partial charge in [-0.15, -0.1) is 11.3 Å². The third-order valence-corrected chi connectivity index (χ3v) is 5.72. The quantitative estimate of drug-likeness (QED) is 0.430. The van der Waals surface area contributed by atoms with Crippen molar-refractivity contribution in [2.45, 2.75) is 19.4 Å². The molecule has 3 rings (SSSR count). The van der Waals surface area contributed by atoms with Gasteiger partial charge in [0.1, 0.15) is 11.5 Å². The molecule has 6 nitrogen and oxygen atoms in total. The molecule has 3 aromatic rings. The molecule has 1 amide bonds. The van der Waals surface area contributed by atoms with Crippen molar-refractivity contribution in [3.8, 4) is 21.9 Å². The number of methoxy groups -OCH3 is 1. The number of rotatable bonds is 7. The molecule has 8 heteroatoms. The largest absolute Gasteiger partial charge is 0.506 e. The molecule has 0 radical (unpaired) electrons. The number of amides is 1. The van der Waals surface area contributed by atoms with Gasteiger partial charge < -0.3 is 15.2 Å². The van der Waals surface area contributed by atoms with Gasteiger partial charge in [0.25, 0.3) is 5.56 Å². The highest BCUT2D eigenvalue weighted by Gasteiger charge is 2.09. The molecule has 0 saturated carbocycles. The third-order valence-electron chi connectivity index (χ3n) is 4.28. The molecule has 0 bridgehead atoms. The number of nitrogens with one attached hydrogen (secondary N) is 1. The minimum Gasteiger partial charge on any atom is -0.506 e. The van der Waals surface area contributed by atoms with Gasteiger partial charge >= 0.3 is 0 Å². The first-order valence-corrected chi connectivity index (χ1v) is 10.2. The highest BCUT2D eigenvalue weighted by atomic mass is 32.1. The number of phenols is 1. The Bertz CT molecular complexity index is 1090. The molecule has 2 aromatic carbocycles. The molecular weight excluding hydrogens is 408 g/mol. The molecule has 1 aromatic heterocycles. The van der Waals surface area contributed by atoms with Crippen LogP contribution in [0.15, 0.2) is 59.4 Å². The summed E-state index contributed by atoms with van der Waals surface area (Å²) in [5, 5.41) is 12.4. The lowest BCUT2D eigenvalue weighted by atomic mass is 10.2. The van der Waals surface area contributed by atoms with Crippen LogP contribution >= 0.6 is 23.6 Å². The topological polar surface area (TPSA) is 80.6 Å². The summed E-state index contributed by atoms with van der Waals surface area (Å²) < 4.78 is 7.11. The van der Waals surface area contributed by atoms with Gasteiger partial charge in [-0.2, -0.15) is 0 Å². The van der Waals surface area contributed by atoms with E-state index >= 15 is 0 Å². The zero-order valence-electron chi connectivity index (χ0n) is 15.8. The monoisotopic (exact) mass is 428 g/mol. The number of aromatic hydroxyl groups is 1. The highest BCUT2D eigenvalue weighted by molar-refractivity contribution is 7.73. The number of para-hydroxylation sites is 2. The summed E-state index contributed by atoms with van der Waals surface area (Å²) in [7, 11) is 1.60. The summed E-state index contributed by atoms with van der Waals surface area (Å²) in [6.07, 6.45) is 0.665. The van der Waals surface area contributed by atoms with Crippen LogP contribution in [0.5, 0.6) is 11.5 Å². The van der Waals surface area contributed by atoms with Crippen LogP contribution in [0.4, 0.5) is 5.69 Å². The number of ether oxygens (including phenoxy) is 1. The van der Waals surface area contributed by atoms with Crippen molar-refractivity contribution in [1.29, 1.82) is 0 Å². The Balaban J connectivity index is 1.64. The maximum absolute atomic E-state index is 12.5. The standard InChI is InChI=1S/C21H20N2O4S2/c1-27-15-10-8-14(9-11-15)18-13-20(26)23(21(28)29-18)12-4-7-19(25)22-16-5-2-3-6-17(16)24/h2-3,5-6,8-11,13,24H,4,7,12H2,1H3,(H,22,25). The van der Waals surface area contributed by atoms with Crippen LogP contribution in [-0.4, -0.2) is 22.7 Å². The molecule has 0 aliphatic rings. The molecule has 0 aliphatic heterocycles. The fraction of sp³-hybridized carbons (Fsp3) is 0.190. The van der Waals surface area contributed by atoms with Crippen LogP contribution in [0.3, 0.4) is 0 Å². The number of carbonyl (C=O) groups is 1. The van der Waals surface area contributed by atoms with Gasteiger partial charge in [-0.3, -0.25) is 14.2 Å². The SMILES string of the molecule is COc1ccc(-c2cc(=O)n(CCCC(=O)Nc3ccccc3O)c(=S)s2)cc1. The van der Waals surface area contributed by atoms with Gasteiger partial charge in [-0.1, -0.05) is 12.1 Å². The molecule has 0 saturated heterocycles. The summed E-state index contributed by atoms with van der Waals surface area (Å²) >= 11 is 6.75. The average molecular weight is 429 g/mol. The number of benzene rings is 2. The number of hydrogen-bond acceptors (Lipinski definition) is 6. The summed E-state index contributed by atoms with van der Waals surface area (Å²) in [5.74, 6) is 0.526. The minimum atomic E-state index is -0.232. The average Bonchev–Trinajstić information content (AvgIpc) is 2.71. The van der Waals surface area contributed by atoms with Crippen molar-refractivity contribution in [2.24, 2.45) is 0 Å². The predicted molar refractivity (Wildman–Crippen MR) is 117 cm³/mol. The lowest BCUT2D eigenvalue weighted by molar-refractivity contribution is -0.116. The first kappa shape index (κ1) is 20.8. The Hall–Kier alpha value is -2.97. The molecule has 150 valence electrons. The van der Waals surface area contributed by atoms with E-state index in [1.54, 1.807) is 31.4 Å². The lowest BCUT2D eigenvalue weighted by Gasteiger charge is -2.09. The van der Waals surface area contributed by atoms with E-state index in [2.05, 4.69) is 5.32 Å². The fourth-order valence-electron chi connectivity index (χ4n) is 2.75. The van der Waals surface area contributed by atoms with E-state index in [0.717, 1.165) is 16.2 Å². The van der Waals surface area contributed by atoms with Crippen LogP contribution in [0.25, 0.3) is 10.4 Å². The molecule has 29 heavy (non-hydrogen) atoms. The molecule has 0 atom stereocenters. The molecule has 0 unspecified atom stereocenters. The van der Waals surface area contributed by atoms with Gasteiger partial charge in [-0.25, -0.2) is 0 Å². The summed E-state index contributed by atoms with van der Waals surface area (Å²) in [5.41, 5.74) is 1.07. The third kappa shape index (κ3) is 5.30. The van der Waals surface area contributed by atoms with Crippen molar-refractivity contribution >= 4 is 35.1 Å². The first-order chi connectivity index (χ1) is 14.0. The molecule has 0 spiro atoms. The second kappa shape index (κ2) is 9.49. The Morgan fingerprint density at radius 2 is 1.93 bits per heavy atom. The number of anilines is 1. The van der Waals surface area contributed by atoms with Gasteiger partial charge in [0.05, 0.1) is 12.8 Å². The van der Waals surface area contributed by atoms with Gasteiger partial charge in [0.2, 0.25) is 5.91 Å². The maximum atomic E-state index is 12.5. The number of aromatic nitrogens is 1. The smallest absolute Gasteiger partial charge is 0.253 e. The molecule has 0 fully saturated rings. The highest BCUT2D eigenvalue weighted by Crippen LogP contribution is 2.25. The minimum absolute atomic E-state index is 0.0147. The van der Waals surface area contributed by atoms with E-state index in [9.17, 15) is 14.7 Å². The Morgan fingerprint density at radius 3 is 2.59 bits per heavy atom. The van der Waals surface area contributed by atoms with E-state index in [1.165, 1.54) is 22.0 Å². The second-order valence-electron chi connectivity index (χ2n) is 6.26. The number of hydrogen-bond donors (Lipinski definition) is 2. The van der Waals surface area contributed by atoms with Gasteiger partial charge in [-0.05, 0) is 60.6 Å². The van der Waals surface area contributed by atoms with E-state index in [1.807, 2.05) is 24.3 Å². The zero-order valence-corrected chi connectivity index (χ0v) is 17.4. The van der Waals surface area contributed by atoms with Gasteiger partial charge in [0, 0.05) is 23.9 Å². The van der Waals surface area contributed by atoms with Crippen molar-refractivity contribution in [1.82, 2.24) is 4.57 Å². The summed E-state index contributed by atoms with van der Waals surface area (Å²) in [4.78, 5) is 25.4. The molecule has 2 N–H and O–H groups in total. The first-order valence-electron chi connectivity index (χ1n) is 8.95. The lowest BCUT2D eigenvalue weighted by Crippen LogP contribution is -2.20. The number of phenolic OH excluding ortho intramolecular Hbond substituents is 1. The van der Waals surface area contributed by atoms with Crippen molar-refractivity contribution in [2.75, 3.05) is 12.4 Å². The predicted octanol–water partition coefficient (Wildman–Crippen LogP) is 4.44. The fourth-order valence-corrected chi connectivity index (χ4v) is 4.09. The van der Waals surface area contributed by atoms with Crippen LogP contribution in [0.1, 0.15) is 12.8 Å². The summed E-state index contributed by atoms with van der Waals surface area (Å²) in [6, 6.07) is 15.5. The number of carbonyl (C=O) groups excluding carboxylic acids is 1. The van der Waals surface area contributed by atoms with E-state index in [-0.39, 0.29) is 23.6 Å². The Morgan fingerprint density at radius 1 is 1.21 bits per heavy atom. The van der Waals surface area contributed by atoms with E-state index in [0.29, 0.717) is 22.6 Å². The molecular formula is C21H20N2O4S2. The molecule has 0 aliphatic carbocycles. The van der Waals surface area contributed by atoms with Gasteiger partial charge in [0.15, 0.2) is 3.95 Å². The van der Waals surface area contributed by atoms with E-state index in [4.69, 9.17) is 17.0 Å². The Labute approximate surface area is 177 Å².